The number of nitrogens with two attached hydrogens (primary N) is 1. The Kier molecular flexibility index (Phi) is 0.828. The largest absolute Gasteiger partial charge is 0.292 e. The molecule has 0 bridgehead atoms. The minimum Gasteiger partial charge on any atom is -0.292 e. The second-order valence-electron chi connectivity index (χ2n) is 1.34. The lowest BCUT2D eigenvalue weighted by Gasteiger charge is -2.08. The monoisotopic (exact) mass is 101 g/mol. The van der Waals surface area contributed by atoms with Crippen molar-refractivity contribution in [3.8, 4) is 0 Å². The third-order valence-corrected chi connectivity index (χ3v) is 0.778. The molecule has 0 aromatic rings. The van der Waals surface area contributed by atoms with Crippen LogP contribution in [0.1, 0.15) is 0 Å². The van der Waals surface area contributed by atoms with E-state index in [0.717, 1.165) is 0 Å². The van der Waals surface area contributed by atoms with Crippen LogP contribution in [0.2, 0.25) is 0 Å². The van der Waals surface area contributed by atoms with Crippen LogP contribution in [0.5, 0.6) is 0 Å². The number of hydrogen-bond donors (Lipinski definition) is 2. The van der Waals surface area contributed by atoms with Gasteiger partial charge in [-0.2, -0.15) is 0 Å². The van der Waals surface area contributed by atoms with Gasteiger partial charge >= 0.3 is 0 Å². The molecule has 1 aliphatic heterocycles. The first kappa shape index (κ1) is 4.32. The molecule has 5 heteroatoms. The highest BCUT2D eigenvalue weighted by molar-refractivity contribution is 4.52. The molecule has 40 valence electrons. The van der Waals surface area contributed by atoms with Crippen LogP contribution in [-0.4, -0.2) is 18.3 Å². The molecule has 1 heterocycles. The second kappa shape index (κ2) is 1.34. The summed E-state index contributed by atoms with van der Waals surface area (Å²) in [5.41, 5.74) is 7.84. The summed E-state index contributed by atoms with van der Waals surface area (Å²) in [5, 5.41) is 8.49. The SMILES string of the molecule is CN1N=NNC1N. The molecule has 0 aromatic carbocycles. The van der Waals surface area contributed by atoms with Crippen molar-refractivity contribution in [3.63, 3.8) is 0 Å². The Morgan fingerprint density at radius 2 is 2.57 bits per heavy atom. The molecular weight excluding hydrogens is 94.1 g/mol. The first-order valence-corrected chi connectivity index (χ1v) is 1.95. The number of nitrogens with zero attached hydrogens (tertiary/aromatic N) is 3. The standard InChI is InChI=1S/C2H7N5/c1-7-2(3)4-5-6-7/h2H,3H2,1H3,(H,4,6). The van der Waals surface area contributed by atoms with E-state index in [9.17, 15) is 0 Å². The Hall–Kier alpha value is -0.840. The van der Waals surface area contributed by atoms with Crippen LogP contribution >= 0.6 is 0 Å². The molecule has 0 aliphatic carbocycles. The molecule has 0 amide bonds. The molecule has 1 unspecified atom stereocenters. The summed E-state index contributed by atoms with van der Waals surface area (Å²) in [7, 11) is 1.74. The molecule has 3 N–H and O–H groups in total. The Morgan fingerprint density at radius 1 is 1.86 bits per heavy atom. The summed E-state index contributed by atoms with van der Waals surface area (Å²) in [5.74, 6) is 0. The molecule has 0 spiro atoms. The highest BCUT2D eigenvalue weighted by atomic mass is 15.8. The molecule has 1 aliphatic rings. The van der Waals surface area contributed by atoms with E-state index in [1.54, 1.807) is 7.05 Å². The van der Waals surface area contributed by atoms with Gasteiger partial charge in [0.1, 0.15) is 0 Å². The first-order valence-electron chi connectivity index (χ1n) is 1.95. The molecule has 0 aromatic heterocycles. The van der Waals surface area contributed by atoms with E-state index in [1.807, 2.05) is 0 Å². The van der Waals surface area contributed by atoms with Gasteiger partial charge in [0, 0.05) is 7.05 Å². The maximum Gasteiger partial charge on any atom is 0.186 e. The van der Waals surface area contributed by atoms with Crippen LogP contribution in [0.4, 0.5) is 0 Å². The molecule has 1 rings (SSSR count). The average molecular weight is 101 g/mol. The average Bonchev–Trinajstić information content (AvgIpc) is 1.91. The van der Waals surface area contributed by atoms with Crippen molar-refractivity contribution in [1.29, 1.82) is 0 Å². The third kappa shape index (κ3) is 0.614. The maximum absolute atomic E-state index is 5.31. The quantitative estimate of drug-likeness (QED) is 0.413. The summed E-state index contributed by atoms with van der Waals surface area (Å²) in [6.07, 6.45) is -0.236. The van der Waals surface area contributed by atoms with Crippen molar-refractivity contribution in [3.05, 3.63) is 0 Å². The lowest BCUT2D eigenvalue weighted by molar-refractivity contribution is 0.273. The van der Waals surface area contributed by atoms with Gasteiger partial charge in [0.2, 0.25) is 0 Å². The fourth-order valence-corrected chi connectivity index (χ4v) is 0.295. The van der Waals surface area contributed by atoms with Gasteiger partial charge in [0.25, 0.3) is 0 Å². The van der Waals surface area contributed by atoms with E-state index in [1.165, 1.54) is 5.01 Å². The zero-order chi connectivity index (χ0) is 5.28. The van der Waals surface area contributed by atoms with E-state index < -0.39 is 0 Å². The summed E-state index contributed by atoms with van der Waals surface area (Å²) in [6, 6.07) is 0. The molecule has 1 atom stereocenters. The van der Waals surface area contributed by atoms with Gasteiger partial charge in [0.05, 0.1) is 0 Å². The Morgan fingerprint density at radius 3 is 2.71 bits per heavy atom. The van der Waals surface area contributed by atoms with E-state index in [4.69, 9.17) is 5.73 Å². The van der Waals surface area contributed by atoms with Gasteiger partial charge < -0.3 is 0 Å². The number of hydrogen-bond acceptors (Lipinski definition) is 5. The second-order valence-corrected chi connectivity index (χ2v) is 1.34. The van der Waals surface area contributed by atoms with Crippen LogP contribution in [-0.2, 0) is 0 Å². The van der Waals surface area contributed by atoms with Crippen molar-refractivity contribution in [2.24, 2.45) is 16.2 Å². The van der Waals surface area contributed by atoms with E-state index in [2.05, 4.69) is 15.9 Å². The summed E-state index contributed by atoms with van der Waals surface area (Å²) in [4.78, 5) is 0. The normalized spacial score (nSPS) is 28.3. The topological polar surface area (TPSA) is 66.0 Å². The molecule has 5 nitrogen and oxygen atoms in total. The molecule has 7 heavy (non-hydrogen) atoms. The number of nitrogens with one attached hydrogen (secondary N) is 1. The maximum atomic E-state index is 5.31. The minimum atomic E-state index is -0.236. The van der Waals surface area contributed by atoms with Gasteiger partial charge in [-0.05, 0) is 0 Å². The van der Waals surface area contributed by atoms with Crippen LogP contribution < -0.4 is 11.2 Å². The zero-order valence-corrected chi connectivity index (χ0v) is 4.00. The van der Waals surface area contributed by atoms with Gasteiger partial charge in [-0.15, -0.1) is 0 Å². The van der Waals surface area contributed by atoms with Crippen LogP contribution in [0.3, 0.4) is 0 Å². The Balaban J connectivity index is 2.45. The van der Waals surface area contributed by atoms with Crippen molar-refractivity contribution in [2.75, 3.05) is 7.05 Å². The fourth-order valence-electron chi connectivity index (χ4n) is 0.295. The van der Waals surface area contributed by atoms with Crippen LogP contribution in [0.15, 0.2) is 10.4 Å². The first-order chi connectivity index (χ1) is 3.30. The fraction of sp³-hybridized carbons (Fsp3) is 1.00. The molecule has 0 saturated carbocycles. The minimum absolute atomic E-state index is 0.236. The van der Waals surface area contributed by atoms with Crippen molar-refractivity contribution in [1.82, 2.24) is 10.4 Å². The molecular formula is C2H7N5. The van der Waals surface area contributed by atoms with Crippen molar-refractivity contribution >= 4 is 0 Å². The molecule has 0 radical (unpaired) electrons. The number of rotatable bonds is 0. The summed E-state index contributed by atoms with van der Waals surface area (Å²) < 4.78 is 0. The van der Waals surface area contributed by atoms with Crippen LogP contribution in [0.25, 0.3) is 0 Å². The highest BCUT2D eigenvalue weighted by Gasteiger charge is 2.09. The van der Waals surface area contributed by atoms with E-state index >= 15 is 0 Å². The third-order valence-electron chi connectivity index (χ3n) is 0.778. The van der Waals surface area contributed by atoms with E-state index in [-0.39, 0.29) is 6.29 Å². The zero-order valence-electron chi connectivity index (χ0n) is 4.00. The van der Waals surface area contributed by atoms with Crippen LogP contribution in [0, 0.1) is 0 Å². The van der Waals surface area contributed by atoms with Gasteiger partial charge in [-0.25, -0.2) is 5.01 Å². The Bertz CT molecular complexity index is 88.1. The smallest absolute Gasteiger partial charge is 0.186 e. The molecule has 0 saturated heterocycles. The lowest BCUT2D eigenvalue weighted by atomic mass is 10.9. The summed E-state index contributed by atoms with van der Waals surface area (Å²) in [6.45, 7) is 0. The predicted octanol–water partition coefficient (Wildman–Crippen LogP) is -0.954. The summed E-state index contributed by atoms with van der Waals surface area (Å²) >= 11 is 0. The van der Waals surface area contributed by atoms with Gasteiger partial charge in [0.15, 0.2) is 6.29 Å². The lowest BCUT2D eigenvalue weighted by Crippen LogP contribution is -2.40. The highest BCUT2D eigenvalue weighted by Crippen LogP contribution is 1.92. The molecule has 0 fully saturated rings. The van der Waals surface area contributed by atoms with Gasteiger partial charge in [-0.3, -0.25) is 11.2 Å². The Labute approximate surface area is 41.1 Å². The van der Waals surface area contributed by atoms with Crippen molar-refractivity contribution in [2.45, 2.75) is 6.29 Å². The van der Waals surface area contributed by atoms with Gasteiger partial charge in [-0.1, -0.05) is 10.4 Å². The van der Waals surface area contributed by atoms with Crippen molar-refractivity contribution < 1.29 is 0 Å². The predicted molar refractivity (Wildman–Crippen MR) is 23.7 cm³/mol. The van der Waals surface area contributed by atoms with E-state index in [0.29, 0.717) is 0 Å².